The van der Waals surface area contributed by atoms with Crippen LogP contribution in [0, 0.1) is 13.8 Å². The van der Waals surface area contributed by atoms with Crippen molar-refractivity contribution < 1.29 is 8.42 Å². The number of hydrogen-bond acceptors (Lipinski definition) is 2. The molecule has 0 radical (unpaired) electrons. The van der Waals surface area contributed by atoms with Gasteiger partial charge in [0.2, 0.25) is 0 Å². The molecule has 0 aliphatic rings. The molecule has 0 aliphatic heterocycles. The second kappa shape index (κ2) is 6.11. The summed E-state index contributed by atoms with van der Waals surface area (Å²) in [5.74, 6) is 0. The molecule has 5 heteroatoms. The van der Waals surface area contributed by atoms with Crippen LogP contribution in [-0.2, 0) is 9.84 Å². The van der Waals surface area contributed by atoms with Crippen molar-refractivity contribution in [3.8, 4) is 0 Å². The molecule has 0 fully saturated rings. The fourth-order valence-corrected chi connectivity index (χ4v) is 3.61. The van der Waals surface area contributed by atoms with Gasteiger partial charge in [0.05, 0.1) is 10.3 Å². The monoisotopic (exact) mass is 386 g/mol. The van der Waals surface area contributed by atoms with Gasteiger partial charge in [0.25, 0.3) is 0 Å². The molecular formula is C16H16BrClO2S. The fourth-order valence-electron chi connectivity index (χ4n) is 2.14. The topological polar surface area (TPSA) is 34.1 Å². The molecule has 2 nitrogen and oxygen atoms in total. The smallest absolute Gasteiger partial charge is 0.175 e. The molecule has 21 heavy (non-hydrogen) atoms. The van der Waals surface area contributed by atoms with E-state index in [0.717, 1.165) is 26.7 Å². The Kier molecular flexibility index (Phi) is 4.81. The standard InChI is InChI=1S/C16H16BrClO2S/c1-10-9-15(17)11(2)8-14(10)16(18)12-4-6-13(7-5-12)21(3,19)20/h4-9,16H,1-3H3. The zero-order valence-corrected chi connectivity index (χ0v) is 15.2. The molecule has 0 aliphatic carbocycles. The van der Waals surface area contributed by atoms with Gasteiger partial charge in [0.15, 0.2) is 9.84 Å². The third kappa shape index (κ3) is 3.68. The van der Waals surface area contributed by atoms with Crippen LogP contribution < -0.4 is 0 Å². The van der Waals surface area contributed by atoms with Crippen molar-refractivity contribution in [2.75, 3.05) is 6.26 Å². The number of benzene rings is 2. The summed E-state index contributed by atoms with van der Waals surface area (Å²) in [7, 11) is -3.18. The number of halogens is 2. The van der Waals surface area contributed by atoms with E-state index in [-0.39, 0.29) is 5.38 Å². The van der Waals surface area contributed by atoms with E-state index in [1.165, 1.54) is 6.26 Å². The summed E-state index contributed by atoms with van der Waals surface area (Å²) >= 11 is 10.1. The van der Waals surface area contributed by atoms with Crippen LogP contribution in [0.2, 0.25) is 0 Å². The number of alkyl halides is 1. The van der Waals surface area contributed by atoms with E-state index >= 15 is 0 Å². The molecule has 0 saturated carbocycles. The molecule has 2 aromatic rings. The highest BCUT2D eigenvalue weighted by Crippen LogP contribution is 2.34. The minimum absolute atomic E-state index is 0.301. The lowest BCUT2D eigenvalue weighted by atomic mass is 9.98. The van der Waals surface area contributed by atoms with Crippen LogP contribution in [0.3, 0.4) is 0 Å². The Morgan fingerprint density at radius 3 is 2.14 bits per heavy atom. The summed E-state index contributed by atoms with van der Waals surface area (Å²) in [4.78, 5) is 0.304. The lowest BCUT2D eigenvalue weighted by Crippen LogP contribution is -2.00. The summed E-state index contributed by atoms with van der Waals surface area (Å²) in [5.41, 5.74) is 4.13. The molecule has 0 heterocycles. The predicted molar refractivity (Wildman–Crippen MR) is 90.9 cm³/mol. The van der Waals surface area contributed by atoms with Gasteiger partial charge in [-0.2, -0.15) is 0 Å². The zero-order valence-electron chi connectivity index (χ0n) is 12.0. The van der Waals surface area contributed by atoms with Gasteiger partial charge in [-0.3, -0.25) is 0 Å². The predicted octanol–water partition coefficient (Wildman–Crippen LogP) is 4.80. The van der Waals surface area contributed by atoms with E-state index in [4.69, 9.17) is 11.6 Å². The second-order valence-corrected chi connectivity index (χ2v) is 8.47. The summed E-state index contributed by atoms with van der Waals surface area (Å²) in [5, 5.41) is -0.301. The lowest BCUT2D eigenvalue weighted by molar-refractivity contribution is 0.602. The Bertz CT molecular complexity index is 768. The highest BCUT2D eigenvalue weighted by molar-refractivity contribution is 9.10. The largest absolute Gasteiger partial charge is 0.224 e. The number of aryl methyl sites for hydroxylation is 2. The quantitative estimate of drug-likeness (QED) is 0.709. The first-order valence-electron chi connectivity index (χ1n) is 6.41. The first-order valence-corrected chi connectivity index (χ1v) is 9.53. The average molecular weight is 388 g/mol. The van der Waals surface area contributed by atoms with E-state index in [1.807, 2.05) is 19.9 Å². The van der Waals surface area contributed by atoms with Crippen LogP contribution in [0.5, 0.6) is 0 Å². The van der Waals surface area contributed by atoms with Crippen molar-refractivity contribution in [1.29, 1.82) is 0 Å². The van der Waals surface area contributed by atoms with Crippen LogP contribution in [0.25, 0.3) is 0 Å². The van der Waals surface area contributed by atoms with Crippen LogP contribution in [-0.4, -0.2) is 14.7 Å². The molecule has 0 bridgehead atoms. The van der Waals surface area contributed by atoms with Crippen LogP contribution in [0.15, 0.2) is 45.8 Å². The van der Waals surface area contributed by atoms with Gasteiger partial charge in [-0.1, -0.05) is 34.1 Å². The number of rotatable bonds is 3. The van der Waals surface area contributed by atoms with Crippen LogP contribution >= 0.6 is 27.5 Å². The van der Waals surface area contributed by atoms with Crippen molar-refractivity contribution >= 4 is 37.4 Å². The third-order valence-corrected chi connectivity index (χ3v) is 5.89. The summed E-state index contributed by atoms with van der Waals surface area (Å²) in [6, 6.07) is 10.8. The molecule has 0 aromatic heterocycles. The van der Waals surface area contributed by atoms with Gasteiger partial charge in [-0.15, -0.1) is 11.6 Å². The van der Waals surface area contributed by atoms with Crippen LogP contribution in [0.1, 0.15) is 27.6 Å². The first kappa shape index (κ1) is 16.5. The van der Waals surface area contributed by atoms with Crippen molar-refractivity contribution in [2.45, 2.75) is 24.1 Å². The minimum Gasteiger partial charge on any atom is -0.224 e. The van der Waals surface area contributed by atoms with E-state index in [0.29, 0.717) is 4.90 Å². The molecule has 112 valence electrons. The summed E-state index contributed by atoms with van der Waals surface area (Å²) in [6.07, 6.45) is 1.20. The Balaban J connectivity index is 2.41. The average Bonchev–Trinajstić information content (AvgIpc) is 2.41. The van der Waals surface area contributed by atoms with E-state index in [9.17, 15) is 8.42 Å². The van der Waals surface area contributed by atoms with Crippen LogP contribution in [0.4, 0.5) is 0 Å². The molecule has 2 rings (SSSR count). The molecule has 1 unspecified atom stereocenters. The maximum atomic E-state index is 11.5. The Morgan fingerprint density at radius 1 is 1.05 bits per heavy atom. The fraction of sp³-hybridized carbons (Fsp3) is 0.250. The molecule has 0 amide bonds. The molecule has 0 spiro atoms. The zero-order chi connectivity index (χ0) is 15.8. The van der Waals surface area contributed by atoms with Gasteiger partial charge in [0.1, 0.15) is 0 Å². The number of sulfone groups is 1. The molecular weight excluding hydrogens is 372 g/mol. The highest BCUT2D eigenvalue weighted by Gasteiger charge is 2.16. The first-order chi connectivity index (χ1) is 9.70. The third-order valence-electron chi connectivity index (χ3n) is 3.42. The summed E-state index contributed by atoms with van der Waals surface area (Å²) in [6.45, 7) is 4.03. The minimum atomic E-state index is -3.18. The van der Waals surface area contributed by atoms with Gasteiger partial charge >= 0.3 is 0 Å². The molecule has 1 atom stereocenters. The second-order valence-electron chi connectivity index (χ2n) is 5.16. The Hall–Kier alpha value is -0.840. The molecule has 0 N–H and O–H groups in total. The van der Waals surface area contributed by atoms with Gasteiger partial charge in [-0.25, -0.2) is 8.42 Å². The van der Waals surface area contributed by atoms with Gasteiger partial charge in [-0.05, 0) is 54.3 Å². The van der Waals surface area contributed by atoms with E-state index in [2.05, 4.69) is 22.0 Å². The maximum Gasteiger partial charge on any atom is 0.175 e. The van der Waals surface area contributed by atoms with Crippen molar-refractivity contribution in [1.82, 2.24) is 0 Å². The van der Waals surface area contributed by atoms with Crippen molar-refractivity contribution in [3.05, 3.63) is 63.1 Å². The maximum absolute atomic E-state index is 11.5. The lowest BCUT2D eigenvalue weighted by Gasteiger charge is -2.15. The number of hydrogen-bond donors (Lipinski definition) is 0. The molecule has 2 aromatic carbocycles. The Labute approximate surface area is 139 Å². The summed E-state index contributed by atoms with van der Waals surface area (Å²) < 4.78 is 24.0. The van der Waals surface area contributed by atoms with E-state index in [1.54, 1.807) is 24.3 Å². The van der Waals surface area contributed by atoms with Gasteiger partial charge < -0.3 is 0 Å². The SMILES string of the molecule is Cc1cc(C(Cl)c2ccc(S(C)(=O)=O)cc2)c(C)cc1Br. The van der Waals surface area contributed by atoms with Crippen molar-refractivity contribution in [2.24, 2.45) is 0 Å². The normalized spacial score (nSPS) is 13.2. The van der Waals surface area contributed by atoms with Crippen molar-refractivity contribution in [3.63, 3.8) is 0 Å². The highest BCUT2D eigenvalue weighted by atomic mass is 79.9. The molecule has 0 saturated heterocycles. The van der Waals surface area contributed by atoms with Gasteiger partial charge in [0, 0.05) is 10.7 Å². The Morgan fingerprint density at radius 2 is 1.62 bits per heavy atom. The van der Waals surface area contributed by atoms with E-state index < -0.39 is 9.84 Å².